The molecule has 0 saturated carbocycles. The van der Waals surface area contributed by atoms with Gasteiger partial charge in [0.25, 0.3) is 5.91 Å². The highest BCUT2D eigenvalue weighted by molar-refractivity contribution is 7.09. The summed E-state index contributed by atoms with van der Waals surface area (Å²) in [5.41, 5.74) is 2.39. The number of carbonyl (C=O) groups excluding carboxylic acids is 1. The molecular weight excluding hydrogens is 236 g/mol. The van der Waals surface area contributed by atoms with Crippen molar-refractivity contribution in [2.45, 2.75) is 6.54 Å². The standard InChI is InChI=1S/C11H18N4OS/c1-14(2)7-9-10(13-8-17-9)11(16)15-5-3-12-4-6-15/h8,12H,3-7H2,1-2H3. The monoisotopic (exact) mass is 254 g/mol. The topological polar surface area (TPSA) is 48.5 Å². The number of hydrogen-bond donors (Lipinski definition) is 1. The van der Waals surface area contributed by atoms with Crippen molar-refractivity contribution in [1.29, 1.82) is 0 Å². The fourth-order valence-electron chi connectivity index (χ4n) is 1.86. The Kier molecular flexibility index (Phi) is 4.09. The Morgan fingerprint density at radius 1 is 1.53 bits per heavy atom. The van der Waals surface area contributed by atoms with Gasteiger partial charge in [0, 0.05) is 32.7 Å². The van der Waals surface area contributed by atoms with E-state index in [2.05, 4.69) is 15.2 Å². The van der Waals surface area contributed by atoms with Crippen molar-refractivity contribution in [2.75, 3.05) is 40.3 Å². The Balaban J connectivity index is 2.10. The Bertz CT molecular complexity index is 385. The van der Waals surface area contributed by atoms with Gasteiger partial charge in [0.1, 0.15) is 5.69 Å². The molecule has 1 aromatic rings. The molecule has 1 fully saturated rings. The molecule has 1 aliphatic rings. The Morgan fingerprint density at radius 2 is 2.24 bits per heavy atom. The first-order chi connectivity index (χ1) is 8.18. The summed E-state index contributed by atoms with van der Waals surface area (Å²) in [4.78, 5) is 21.5. The Morgan fingerprint density at radius 3 is 2.88 bits per heavy atom. The number of nitrogens with zero attached hydrogens (tertiary/aromatic N) is 3. The van der Waals surface area contributed by atoms with Gasteiger partial charge in [-0.25, -0.2) is 4.98 Å². The largest absolute Gasteiger partial charge is 0.335 e. The summed E-state index contributed by atoms with van der Waals surface area (Å²) in [6.45, 7) is 4.07. The van der Waals surface area contributed by atoms with E-state index in [1.807, 2.05) is 19.0 Å². The SMILES string of the molecule is CN(C)Cc1scnc1C(=O)N1CCNCC1. The number of rotatable bonds is 3. The van der Waals surface area contributed by atoms with Crippen LogP contribution in [0.4, 0.5) is 0 Å². The zero-order valence-corrected chi connectivity index (χ0v) is 11.1. The molecule has 0 radical (unpaired) electrons. The van der Waals surface area contributed by atoms with E-state index in [0.717, 1.165) is 37.6 Å². The van der Waals surface area contributed by atoms with E-state index in [1.165, 1.54) is 0 Å². The van der Waals surface area contributed by atoms with Gasteiger partial charge in [-0.15, -0.1) is 11.3 Å². The lowest BCUT2D eigenvalue weighted by atomic mass is 10.2. The van der Waals surface area contributed by atoms with Gasteiger partial charge in [0.15, 0.2) is 0 Å². The van der Waals surface area contributed by atoms with E-state index in [1.54, 1.807) is 16.8 Å². The van der Waals surface area contributed by atoms with E-state index >= 15 is 0 Å². The van der Waals surface area contributed by atoms with E-state index in [0.29, 0.717) is 5.69 Å². The third-order valence-corrected chi connectivity index (χ3v) is 3.53. The first-order valence-corrected chi connectivity index (χ1v) is 6.63. The van der Waals surface area contributed by atoms with E-state index in [4.69, 9.17) is 0 Å². The molecule has 0 spiro atoms. The molecule has 2 heterocycles. The lowest BCUT2D eigenvalue weighted by Crippen LogP contribution is -2.46. The van der Waals surface area contributed by atoms with Gasteiger partial charge >= 0.3 is 0 Å². The van der Waals surface area contributed by atoms with Gasteiger partial charge < -0.3 is 15.1 Å². The third-order valence-electron chi connectivity index (χ3n) is 2.71. The Labute approximate surface area is 105 Å². The summed E-state index contributed by atoms with van der Waals surface area (Å²) in [7, 11) is 4.00. The van der Waals surface area contributed by atoms with Crippen molar-refractivity contribution >= 4 is 17.2 Å². The summed E-state index contributed by atoms with van der Waals surface area (Å²) in [6.07, 6.45) is 0. The Hall–Kier alpha value is -0.980. The summed E-state index contributed by atoms with van der Waals surface area (Å²) in [5.74, 6) is 0.0737. The van der Waals surface area contributed by atoms with Crippen LogP contribution >= 0.6 is 11.3 Å². The van der Waals surface area contributed by atoms with Crippen LogP contribution in [0.3, 0.4) is 0 Å². The van der Waals surface area contributed by atoms with Crippen molar-refractivity contribution < 1.29 is 4.79 Å². The maximum Gasteiger partial charge on any atom is 0.273 e. The van der Waals surface area contributed by atoms with Crippen LogP contribution < -0.4 is 5.32 Å². The zero-order chi connectivity index (χ0) is 12.3. The molecule has 1 saturated heterocycles. The highest BCUT2D eigenvalue weighted by atomic mass is 32.1. The first-order valence-electron chi connectivity index (χ1n) is 5.75. The van der Waals surface area contributed by atoms with Crippen LogP contribution in [0.15, 0.2) is 5.51 Å². The second kappa shape index (κ2) is 5.57. The average molecular weight is 254 g/mol. The van der Waals surface area contributed by atoms with Crippen molar-refractivity contribution in [3.05, 3.63) is 16.1 Å². The van der Waals surface area contributed by atoms with Gasteiger partial charge in [-0.3, -0.25) is 4.79 Å². The molecule has 1 aliphatic heterocycles. The van der Waals surface area contributed by atoms with Gasteiger partial charge in [0.2, 0.25) is 0 Å². The lowest BCUT2D eigenvalue weighted by molar-refractivity contribution is 0.0729. The van der Waals surface area contributed by atoms with E-state index in [9.17, 15) is 4.79 Å². The second-order valence-corrected chi connectivity index (χ2v) is 5.34. The van der Waals surface area contributed by atoms with Crippen molar-refractivity contribution in [3.8, 4) is 0 Å². The minimum atomic E-state index is 0.0737. The summed E-state index contributed by atoms with van der Waals surface area (Å²) < 4.78 is 0. The number of thiazole rings is 1. The van der Waals surface area contributed by atoms with Crippen LogP contribution in [-0.2, 0) is 6.54 Å². The van der Waals surface area contributed by atoms with Gasteiger partial charge in [-0.1, -0.05) is 0 Å². The maximum absolute atomic E-state index is 12.3. The van der Waals surface area contributed by atoms with E-state index in [-0.39, 0.29) is 5.91 Å². The molecule has 0 unspecified atom stereocenters. The van der Waals surface area contributed by atoms with Crippen LogP contribution in [0.1, 0.15) is 15.4 Å². The van der Waals surface area contributed by atoms with Crippen molar-refractivity contribution in [3.63, 3.8) is 0 Å². The molecule has 1 aromatic heterocycles. The predicted octanol–water partition coefficient (Wildman–Crippen LogP) is 0.250. The van der Waals surface area contributed by atoms with Gasteiger partial charge in [0.05, 0.1) is 10.4 Å². The average Bonchev–Trinajstić information content (AvgIpc) is 2.76. The normalized spacial score (nSPS) is 16.5. The molecule has 1 amide bonds. The summed E-state index contributed by atoms with van der Waals surface area (Å²) in [5, 5.41) is 3.24. The molecule has 17 heavy (non-hydrogen) atoms. The van der Waals surface area contributed by atoms with Gasteiger partial charge in [-0.2, -0.15) is 0 Å². The number of hydrogen-bond acceptors (Lipinski definition) is 5. The fraction of sp³-hybridized carbons (Fsp3) is 0.636. The first kappa shape index (κ1) is 12.5. The third kappa shape index (κ3) is 3.02. The number of piperazine rings is 1. The molecule has 0 bridgehead atoms. The molecule has 0 aromatic carbocycles. The molecule has 5 nitrogen and oxygen atoms in total. The zero-order valence-electron chi connectivity index (χ0n) is 10.3. The van der Waals surface area contributed by atoms with E-state index < -0.39 is 0 Å². The smallest absolute Gasteiger partial charge is 0.273 e. The van der Waals surface area contributed by atoms with Gasteiger partial charge in [-0.05, 0) is 14.1 Å². The van der Waals surface area contributed by atoms with Crippen LogP contribution in [-0.4, -0.2) is 61.0 Å². The maximum atomic E-state index is 12.3. The minimum absolute atomic E-state index is 0.0737. The predicted molar refractivity (Wildman–Crippen MR) is 68.3 cm³/mol. The number of aromatic nitrogens is 1. The van der Waals surface area contributed by atoms with Crippen LogP contribution in [0.5, 0.6) is 0 Å². The summed E-state index contributed by atoms with van der Waals surface area (Å²) in [6, 6.07) is 0. The second-order valence-electron chi connectivity index (χ2n) is 4.40. The van der Waals surface area contributed by atoms with Crippen molar-refractivity contribution in [2.24, 2.45) is 0 Å². The molecule has 94 valence electrons. The van der Waals surface area contributed by atoms with Crippen LogP contribution in [0.2, 0.25) is 0 Å². The molecule has 6 heteroatoms. The lowest BCUT2D eigenvalue weighted by Gasteiger charge is -2.27. The molecule has 0 atom stereocenters. The molecule has 2 rings (SSSR count). The molecule has 0 aliphatic carbocycles. The summed E-state index contributed by atoms with van der Waals surface area (Å²) >= 11 is 1.55. The highest BCUT2D eigenvalue weighted by Gasteiger charge is 2.22. The fourth-order valence-corrected chi connectivity index (χ4v) is 2.73. The van der Waals surface area contributed by atoms with Crippen LogP contribution in [0, 0.1) is 0 Å². The quantitative estimate of drug-likeness (QED) is 0.840. The minimum Gasteiger partial charge on any atom is -0.335 e. The number of amides is 1. The highest BCUT2D eigenvalue weighted by Crippen LogP contribution is 2.17. The number of nitrogens with one attached hydrogen (secondary N) is 1. The van der Waals surface area contributed by atoms with Crippen molar-refractivity contribution in [1.82, 2.24) is 20.1 Å². The number of carbonyl (C=O) groups is 1. The molecular formula is C11H18N4OS. The molecule has 1 N–H and O–H groups in total. The van der Waals surface area contributed by atoms with Crippen LogP contribution in [0.25, 0.3) is 0 Å².